The van der Waals surface area contributed by atoms with E-state index in [0.717, 1.165) is 17.9 Å². The molecule has 0 spiro atoms. The molecule has 20 heavy (non-hydrogen) atoms. The molecule has 0 aromatic heterocycles. The Balaban J connectivity index is 2.60. The third-order valence-electron chi connectivity index (χ3n) is 3.83. The first-order valence-corrected chi connectivity index (χ1v) is 7.44. The van der Waals surface area contributed by atoms with Crippen LogP contribution in [0.15, 0.2) is 24.3 Å². The lowest BCUT2D eigenvalue weighted by atomic mass is 9.92. The maximum atomic E-state index is 6.23. The second-order valence-corrected chi connectivity index (χ2v) is 6.06. The molecule has 0 amide bonds. The van der Waals surface area contributed by atoms with Gasteiger partial charge in [-0.3, -0.25) is 0 Å². The van der Waals surface area contributed by atoms with Crippen LogP contribution >= 0.6 is 0 Å². The van der Waals surface area contributed by atoms with Crippen LogP contribution in [-0.2, 0) is 4.74 Å². The predicted molar refractivity (Wildman–Crippen MR) is 84.0 cm³/mol. The minimum atomic E-state index is -0.377. The van der Waals surface area contributed by atoms with E-state index in [0.29, 0.717) is 5.92 Å². The van der Waals surface area contributed by atoms with Crippen LogP contribution in [0.25, 0.3) is 0 Å². The summed E-state index contributed by atoms with van der Waals surface area (Å²) < 4.78 is 11.2. The summed E-state index contributed by atoms with van der Waals surface area (Å²) in [6, 6.07) is 7.86. The zero-order valence-corrected chi connectivity index (χ0v) is 13.5. The van der Waals surface area contributed by atoms with Gasteiger partial charge in [0, 0.05) is 7.11 Å². The van der Waals surface area contributed by atoms with Crippen LogP contribution in [0, 0.1) is 5.92 Å². The van der Waals surface area contributed by atoms with Crippen molar-refractivity contribution in [2.24, 2.45) is 11.7 Å². The molecule has 1 aromatic rings. The molecule has 0 aliphatic carbocycles. The first-order chi connectivity index (χ1) is 9.40. The van der Waals surface area contributed by atoms with Crippen LogP contribution in [0.5, 0.6) is 5.75 Å². The smallest absolute Gasteiger partial charge is 0.119 e. The SMILES string of the molecule is CCCC(C)COc1ccc(C(N)C(C)(C)OC)cc1. The largest absolute Gasteiger partial charge is 0.493 e. The fraction of sp³-hybridized carbons (Fsp3) is 0.647. The van der Waals surface area contributed by atoms with Crippen molar-refractivity contribution in [3.63, 3.8) is 0 Å². The van der Waals surface area contributed by atoms with Crippen molar-refractivity contribution in [3.05, 3.63) is 29.8 Å². The summed E-state index contributed by atoms with van der Waals surface area (Å²) in [5.41, 5.74) is 6.91. The van der Waals surface area contributed by atoms with Gasteiger partial charge >= 0.3 is 0 Å². The standard InChI is InChI=1S/C17H29NO2/c1-6-7-13(2)12-20-15-10-8-14(9-11-15)16(18)17(3,4)19-5/h8-11,13,16H,6-7,12,18H2,1-5H3. The monoisotopic (exact) mass is 279 g/mol. The summed E-state index contributed by atoms with van der Waals surface area (Å²) in [6.45, 7) is 9.17. The van der Waals surface area contributed by atoms with Crippen LogP contribution in [0.2, 0.25) is 0 Å². The zero-order chi connectivity index (χ0) is 15.2. The highest BCUT2D eigenvalue weighted by atomic mass is 16.5. The summed E-state index contributed by atoms with van der Waals surface area (Å²) >= 11 is 0. The molecule has 2 unspecified atom stereocenters. The van der Waals surface area contributed by atoms with Crippen LogP contribution in [0.1, 0.15) is 52.1 Å². The van der Waals surface area contributed by atoms with E-state index in [9.17, 15) is 0 Å². The van der Waals surface area contributed by atoms with E-state index in [1.165, 1.54) is 12.8 Å². The van der Waals surface area contributed by atoms with Crippen LogP contribution in [0.3, 0.4) is 0 Å². The van der Waals surface area contributed by atoms with Crippen molar-refractivity contribution >= 4 is 0 Å². The van der Waals surface area contributed by atoms with Crippen LogP contribution in [-0.4, -0.2) is 19.3 Å². The van der Waals surface area contributed by atoms with Crippen molar-refractivity contribution < 1.29 is 9.47 Å². The molecule has 0 bridgehead atoms. The minimum absolute atomic E-state index is 0.152. The molecule has 0 radical (unpaired) electrons. The van der Waals surface area contributed by atoms with E-state index in [4.69, 9.17) is 15.2 Å². The second kappa shape index (κ2) is 7.65. The van der Waals surface area contributed by atoms with Gasteiger partial charge in [-0.25, -0.2) is 0 Å². The third-order valence-corrected chi connectivity index (χ3v) is 3.83. The number of methoxy groups -OCH3 is 1. The van der Waals surface area contributed by atoms with Crippen molar-refractivity contribution in [1.82, 2.24) is 0 Å². The lowest BCUT2D eigenvalue weighted by molar-refractivity contribution is -0.0000458. The van der Waals surface area contributed by atoms with E-state index in [1.807, 2.05) is 38.1 Å². The molecular formula is C17H29NO2. The van der Waals surface area contributed by atoms with E-state index in [1.54, 1.807) is 7.11 Å². The molecule has 2 atom stereocenters. The summed E-state index contributed by atoms with van der Waals surface area (Å²) in [6.07, 6.45) is 2.40. The molecule has 0 aliphatic heterocycles. The summed E-state index contributed by atoms with van der Waals surface area (Å²) in [7, 11) is 1.69. The normalized spacial score (nSPS) is 14.9. The maximum absolute atomic E-state index is 6.23. The number of nitrogens with two attached hydrogens (primary N) is 1. The lowest BCUT2D eigenvalue weighted by Gasteiger charge is -2.30. The van der Waals surface area contributed by atoms with Crippen molar-refractivity contribution in [1.29, 1.82) is 0 Å². The van der Waals surface area contributed by atoms with Crippen LogP contribution < -0.4 is 10.5 Å². The minimum Gasteiger partial charge on any atom is -0.493 e. The molecule has 0 aliphatic rings. The Bertz CT molecular complexity index is 386. The highest BCUT2D eigenvalue weighted by Gasteiger charge is 2.27. The number of benzene rings is 1. The van der Waals surface area contributed by atoms with E-state index in [2.05, 4.69) is 13.8 Å². The molecule has 3 heteroatoms. The molecule has 3 nitrogen and oxygen atoms in total. The van der Waals surface area contributed by atoms with E-state index >= 15 is 0 Å². The molecule has 0 saturated carbocycles. The Morgan fingerprint density at radius 1 is 1.20 bits per heavy atom. The van der Waals surface area contributed by atoms with Crippen molar-refractivity contribution in [3.8, 4) is 5.75 Å². The molecule has 0 fully saturated rings. The maximum Gasteiger partial charge on any atom is 0.119 e. The van der Waals surface area contributed by atoms with Gasteiger partial charge in [0.05, 0.1) is 18.2 Å². The van der Waals surface area contributed by atoms with Gasteiger partial charge in [-0.15, -0.1) is 0 Å². The number of hydrogen-bond donors (Lipinski definition) is 1. The average Bonchev–Trinajstić information content (AvgIpc) is 2.45. The number of hydrogen-bond acceptors (Lipinski definition) is 3. The van der Waals surface area contributed by atoms with Gasteiger partial charge in [0.2, 0.25) is 0 Å². The second-order valence-electron chi connectivity index (χ2n) is 6.06. The van der Waals surface area contributed by atoms with Crippen LogP contribution in [0.4, 0.5) is 0 Å². The van der Waals surface area contributed by atoms with Gasteiger partial charge in [0.1, 0.15) is 5.75 Å². The van der Waals surface area contributed by atoms with Gasteiger partial charge in [-0.1, -0.05) is 32.4 Å². The van der Waals surface area contributed by atoms with E-state index < -0.39 is 0 Å². The van der Waals surface area contributed by atoms with Gasteiger partial charge < -0.3 is 15.2 Å². The Hall–Kier alpha value is -1.06. The highest BCUT2D eigenvalue weighted by Crippen LogP contribution is 2.27. The van der Waals surface area contributed by atoms with Gasteiger partial charge in [0.15, 0.2) is 0 Å². The fourth-order valence-electron chi connectivity index (χ4n) is 2.11. The number of rotatable bonds is 8. The Morgan fingerprint density at radius 2 is 1.80 bits per heavy atom. The quantitative estimate of drug-likeness (QED) is 0.784. The molecule has 1 rings (SSSR count). The topological polar surface area (TPSA) is 44.5 Å². The molecule has 0 heterocycles. The first-order valence-electron chi connectivity index (χ1n) is 7.44. The lowest BCUT2D eigenvalue weighted by Crippen LogP contribution is -2.37. The van der Waals surface area contributed by atoms with Gasteiger partial charge in [-0.05, 0) is 43.9 Å². The summed E-state index contributed by atoms with van der Waals surface area (Å²) in [4.78, 5) is 0. The number of ether oxygens (including phenoxy) is 2. The summed E-state index contributed by atoms with van der Waals surface area (Å²) in [5, 5.41) is 0. The Morgan fingerprint density at radius 3 is 2.30 bits per heavy atom. The third kappa shape index (κ3) is 4.80. The van der Waals surface area contributed by atoms with Gasteiger partial charge in [0.25, 0.3) is 0 Å². The molecule has 0 saturated heterocycles. The fourth-order valence-corrected chi connectivity index (χ4v) is 2.11. The Kier molecular flexibility index (Phi) is 6.50. The van der Waals surface area contributed by atoms with E-state index in [-0.39, 0.29) is 11.6 Å². The molecule has 2 N–H and O–H groups in total. The Labute approximate surface area is 123 Å². The van der Waals surface area contributed by atoms with Crippen molar-refractivity contribution in [2.45, 2.75) is 52.2 Å². The van der Waals surface area contributed by atoms with Crippen molar-refractivity contribution in [2.75, 3.05) is 13.7 Å². The average molecular weight is 279 g/mol. The predicted octanol–water partition coefficient (Wildman–Crippen LogP) is 3.93. The molecule has 114 valence electrons. The first kappa shape index (κ1) is 17.0. The summed E-state index contributed by atoms with van der Waals surface area (Å²) in [5.74, 6) is 1.49. The zero-order valence-electron chi connectivity index (χ0n) is 13.5. The molecule has 1 aromatic carbocycles. The molecular weight excluding hydrogens is 250 g/mol. The highest BCUT2D eigenvalue weighted by molar-refractivity contribution is 5.30. The van der Waals surface area contributed by atoms with Gasteiger partial charge in [-0.2, -0.15) is 0 Å².